The number of hydrogen-bond acceptors (Lipinski definition) is 5. The van der Waals surface area contributed by atoms with E-state index in [-0.39, 0.29) is 16.2 Å². The summed E-state index contributed by atoms with van der Waals surface area (Å²) in [6, 6.07) is 15.8. The van der Waals surface area contributed by atoms with E-state index in [0.29, 0.717) is 50.6 Å². The van der Waals surface area contributed by atoms with Crippen LogP contribution in [0.1, 0.15) is 41.4 Å². The molecule has 0 atom stereocenters. The van der Waals surface area contributed by atoms with Gasteiger partial charge in [-0.25, -0.2) is 0 Å². The van der Waals surface area contributed by atoms with Gasteiger partial charge in [0.25, 0.3) is 10.1 Å². The molecule has 4 rings (SSSR count). The van der Waals surface area contributed by atoms with Gasteiger partial charge in [-0.1, -0.05) is 49.2 Å². The van der Waals surface area contributed by atoms with E-state index in [0.717, 1.165) is 12.8 Å². The minimum absolute atomic E-state index is 0.210. The van der Waals surface area contributed by atoms with Crippen LogP contribution >= 0.6 is 11.6 Å². The number of benzene rings is 3. The summed E-state index contributed by atoms with van der Waals surface area (Å²) in [6.07, 6.45) is 2.46. The molecule has 1 heterocycles. The van der Waals surface area contributed by atoms with E-state index < -0.39 is 10.1 Å². The van der Waals surface area contributed by atoms with Crippen molar-refractivity contribution in [3.8, 4) is 11.1 Å². The highest BCUT2D eigenvalue weighted by atomic mass is 35.5. The fourth-order valence-electron chi connectivity index (χ4n) is 3.83. The predicted molar refractivity (Wildman–Crippen MR) is 129 cm³/mol. The standard InChI is InChI=1S/C25H22ClNO5S/c1-2-3-4-22-24(20-14-18(27)10-11-21(20)32-22)25(28)16-7-5-15(6-8-16)19-13-17(26)9-12-23(19)33(29,30)31/h5-14H,2-4,27H2,1H3,(H,29,30,31). The number of furan rings is 1. The first-order chi connectivity index (χ1) is 15.7. The Hall–Kier alpha value is -3.13. The SMILES string of the molecule is CCCCc1oc2ccc(N)cc2c1C(=O)c1ccc(-c2cc(Cl)ccc2S(=O)(=O)O)cc1. The number of carbonyl (C=O) groups is 1. The van der Waals surface area contributed by atoms with Gasteiger partial charge in [0.2, 0.25) is 0 Å². The van der Waals surface area contributed by atoms with Crippen molar-refractivity contribution in [1.82, 2.24) is 0 Å². The fraction of sp³-hybridized carbons (Fsp3) is 0.160. The van der Waals surface area contributed by atoms with Crippen molar-refractivity contribution in [3.05, 3.63) is 82.6 Å². The number of hydrogen-bond donors (Lipinski definition) is 2. The Kier molecular flexibility index (Phi) is 6.30. The van der Waals surface area contributed by atoms with Gasteiger partial charge < -0.3 is 10.2 Å². The number of unbranched alkanes of at least 4 members (excludes halogenated alkanes) is 1. The highest BCUT2D eigenvalue weighted by Crippen LogP contribution is 2.33. The lowest BCUT2D eigenvalue weighted by atomic mass is 9.96. The Balaban J connectivity index is 1.77. The van der Waals surface area contributed by atoms with Crippen LogP contribution in [0.5, 0.6) is 0 Å². The largest absolute Gasteiger partial charge is 0.460 e. The second-order valence-corrected chi connectivity index (χ2v) is 9.61. The number of nitrogens with two attached hydrogens (primary N) is 1. The maximum atomic E-state index is 13.5. The summed E-state index contributed by atoms with van der Waals surface area (Å²) in [5.41, 5.74) is 8.73. The van der Waals surface area contributed by atoms with Gasteiger partial charge in [0.1, 0.15) is 16.2 Å². The van der Waals surface area contributed by atoms with Gasteiger partial charge in [-0.15, -0.1) is 0 Å². The molecular formula is C25H22ClNO5S. The van der Waals surface area contributed by atoms with Crippen LogP contribution in [0, 0.1) is 0 Å². The van der Waals surface area contributed by atoms with Gasteiger partial charge in [0.05, 0.1) is 5.56 Å². The molecule has 0 saturated heterocycles. The molecule has 33 heavy (non-hydrogen) atoms. The molecule has 6 nitrogen and oxygen atoms in total. The monoisotopic (exact) mass is 483 g/mol. The molecule has 0 radical (unpaired) electrons. The number of halogens is 1. The number of ketones is 1. The summed E-state index contributed by atoms with van der Waals surface area (Å²) < 4.78 is 39.1. The van der Waals surface area contributed by atoms with Crippen molar-refractivity contribution < 1.29 is 22.2 Å². The van der Waals surface area contributed by atoms with Crippen LogP contribution in [0.15, 0.2) is 70.0 Å². The molecule has 3 N–H and O–H groups in total. The first-order valence-electron chi connectivity index (χ1n) is 10.4. The quantitative estimate of drug-likeness (QED) is 0.185. The van der Waals surface area contributed by atoms with E-state index in [9.17, 15) is 17.8 Å². The molecule has 0 aliphatic carbocycles. The molecule has 0 unspecified atom stereocenters. The Morgan fingerprint density at radius 2 is 1.79 bits per heavy atom. The lowest BCUT2D eigenvalue weighted by Gasteiger charge is -2.09. The maximum absolute atomic E-state index is 13.5. The lowest BCUT2D eigenvalue weighted by Crippen LogP contribution is -2.04. The molecule has 0 saturated carbocycles. The highest BCUT2D eigenvalue weighted by molar-refractivity contribution is 7.86. The normalized spacial score (nSPS) is 11.7. The molecule has 0 amide bonds. The maximum Gasteiger partial charge on any atom is 0.295 e. The average Bonchev–Trinajstić information content (AvgIpc) is 3.13. The van der Waals surface area contributed by atoms with Gasteiger partial charge in [-0.3, -0.25) is 9.35 Å². The van der Waals surface area contributed by atoms with Gasteiger partial charge in [-0.05, 0) is 48.4 Å². The van der Waals surface area contributed by atoms with E-state index in [1.807, 2.05) is 0 Å². The molecular weight excluding hydrogens is 462 g/mol. The van der Waals surface area contributed by atoms with Crippen LogP contribution in [0.2, 0.25) is 5.02 Å². The van der Waals surface area contributed by atoms with E-state index in [2.05, 4.69) is 6.92 Å². The molecule has 0 aliphatic rings. The topological polar surface area (TPSA) is 111 Å². The smallest absolute Gasteiger partial charge is 0.295 e. The molecule has 170 valence electrons. The summed E-state index contributed by atoms with van der Waals surface area (Å²) in [5.74, 6) is 0.410. The predicted octanol–water partition coefficient (Wildman–Crippen LogP) is 6.16. The molecule has 0 bridgehead atoms. The molecule has 3 aromatic carbocycles. The van der Waals surface area contributed by atoms with Crippen LogP contribution < -0.4 is 5.73 Å². The Bertz CT molecular complexity index is 1460. The number of fused-ring (bicyclic) bond motifs is 1. The molecule has 4 aromatic rings. The summed E-state index contributed by atoms with van der Waals surface area (Å²) >= 11 is 6.04. The van der Waals surface area contributed by atoms with Crippen LogP contribution in [0.3, 0.4) is 0 Å². The zero-order valence-electron chi connectivity index (χ0n) is 17.8. The summed E-state index contributed by atoms with van der Waals surface area (Å²) in [5, 5.41) is 0.985. The van der Waals surface area contributed by atoms with Gasteiger partial charge in [-0.2, -0.15) is 8.42 Å². The lowest BCUT2D eigenvalue weighted by molar-refractivity contribution is 0.103. The molecule has 1 aromatic heterocycles. The van der Waals surface area contributed by atoms with Gasteiger partial charge in [0, 0.05) is 33.6 Å². The van der Waals surface area contributed by atoms with Gasteiger partial charge >= 0.3 is 0 Å². The fourth-order valence-corrected chi connectivity index (χ4v) is 4.69. The third-order valence-electron chi connectivity index (χ3n) is 5.45. The van der Waals surface area contributed by atoms with Crippen molar-refractivity contribution >= 4 is 44.2 Å². The number of aryl methyl sites for hydroxylation is 1. The summed E-state index contributed by atoms with van der Waals surface area (Å²) in [4.78, 5) is 13.2. The van der Waals surface area contributed by atoms with Crippen molar-refractivity contribution in [2.24, 2.45) is 0 Å². The van der Waals surface area contributed by atoms with Crippen LogP contribution in [-0.4, -0.2) is 18.8 Å². The third-order valence-corrected chi connectivity index (χ3v) is 6.59. The van der Waals surface area contributed by atoms with Crippen molar-refractivity contribution in [1.29, 1.82) is 0 Å². The Labute approximate surface area is 196 Å². The first kappa shape index (κ1) is 23.0. The van der Waals surface area contributed by atoms with E-state index in [4.69, 9.17) is 21.8 Å². The van der Waals surface area contributed by atoms with E-state index in [1.54, 1.807) is 42.5 Å². The van der Waals surface area contributed by atoms with Crippen LogP contribution in [-0.2, 0) is 16.5 Å². The number of nitrogen functional groups attached to an aromatic ring is 1. The molecule has 0 spiro atoms. The third kappa shape index (κ3) is 4.66. The average molecular weight is 484 g/mol. The van der Waals surface area contributed by atoms with Crippen LogP contribution in [0.4, 0.5) is 5.69 Å². The minimum Gasteiger partial charge on any atom is -0.460 e. The highest BCUT2D eigenvalue weighted by Gasteiger charge is 2.23. The zero-order valence-corrected chi connectivity index (χ0v) is 19.4. The zero-order chi connectivity index (χ0) is 23.8. The summed E-state index contributed by atoms with van der Waals surface area (Å²) in [7, 11) is -4.45. The van der Waals surface area contributed by atoms with E-state index >= 15 is 0 Å². The minimum atomic E-state index is -4.45. The first-order valence-corrected chi connectivity index (χ1v) is 12.2. The second kappa shape index (κ2) is 9.02. The second-order valence-electron chi connectivity index (χ2n) is 7.78. The van der Waals surface area contributed by atoms with Crippen molar-refractivity contribution in [3.63, 3.8) is 0 Å². The number of rotatable bonds is 7. The molecule has 0 fully saturated rings. The Morgan fingerprint density at radius 1 is 1.06 bits per heavy atom. The van der Waals surface area contributed by atoms with Crippen molar-refractivity contribution in [2.45, 2.75) is 31.1 Å². The summed E-state index contributed by atoms with van der Waals surface area (Å²) in [6.45, 7) is 2.07. The van der Waals surface area contributed by atoms with Crippen LogP contribution in [0.25, 0.3) is 22.1 Å². The van der Waals surface area contributed by atoms with Crippen molar-refractivity contribution in [2.75, 3.05) is 5.73 Å². The molecule has 8 heteroatoms. The number of anilines is 1. The number of carbonyl (C=O) groups excluding carboxylic acids is 1. The van der Waals surface area contributed by atoms with Gasteiger partial charge in [0.15, 0.2) is 5.78 Å². The Morgan fingerprint density at radius 3 is 2.45 bits per heavy atom. The molecule has 0 aliphatic heterocycles. The van der Waals surface area contributed by atoms with E-state index in [1.165, 1.54) is 18.2 Å².